The summed E-state index contributed by atoms with van der Waals surface area (Å²) in [6.45, 7) is 4.43. The van der Waals surface area contributed by atoms with Crippen molar-refractivity contribution in [1.29, 1.82) is 0 Å². The van der Waals surface area contributed by atoms with Gasteiger partial charge >= 0.3 is 6.09 Å². The van der Waals surface area contributed by atoms with Crippen LogP contribution in [-0.4, -0.2) is 18.2 Å². The summed E-state index contributed by atoms with van der Waals surface area (Å²) in [5.41, 5.74) is -0.560. The summed E-state index contributed by atoms with van der Waals surface area (Å²) in [4.78, 5) is 10.9. The van der Waals surface area contributed by atoms with Gasteiger partial charge in [0.2, 0.25) is 0 Å². The summed E-state index contributed by atoms with van der Waals surface area (Å²) >= 11 is 5.45. The molecule has 0 aromatic heterocycles. The molecule has 1 amide bonds. The van der Waals surface area contributed by atoms with Crippen LogP contribution in [0.25, 0.3) is 0 Å². The molecule has 1 unspecified atom stereocenters. The van der Waals surface area contributed by atoms with E-state index >= 15 is 0 Å². The van der Waals surface area contributed by atoms with Crippen LogP contribution in [0.4, 0.5) is 4.79 Å². The van der Waals surface area contributed by atoms with Crippen LogP contribution >= 0.6 is 11.6 Å². The zero-order valence-electron chi connectivity index (χ0n) is 8.31. The highest BCUT2D eigenvalue weighted by Crippen LogP contribution is 1.98. The fraction of sp³-hybridized carbons (Fsp3) is 0.889. The molecule has 0 saturated heterocycles. The average Bonchev–Trinajstić information content (AvgIpc) is 2.02. The van der Waals surface area contributed by atoms with Gasteiger partial charge < -0.3 is 10.1 Å². The van der Waals surface area contributed by atoms with E-state index in [1.165, 1.54) is 12.8 Å². The van der Waals surface area contributed by atoms with Crippen LogP contribution in [0.2, 0.25) is 0 Å². The van der Waals surface area contributed by atoms with Gasteiger partial charge in [-0.1, -0.05) is 37.8 Å². The van der Waals surface area contributed by atoms with Crippen LogP contribution in [0.3, 0.4) is 0 Å². The Kier molecular flexibility index (Phi) is 7.90. The molecule has 13 heavy (non-hydrogen) atoms. The first-order valence-corrected chi connectivity index (χ1v) is 5.19. The molecule has 0 radical (unpaired) electrons. The molecular weight excluding hydrogens is 190 g/mol. The van der Waals surface area contributed by atoms with Crippen molar-refractivity contribution in [3.8, 4) is 0 Å². The monoisotopic (exact) mass is 207 g/mol. The molecular formula is C9H18ClNO2. The van der Waals surface area contributed by atoms with E-state index in [0.29, 0.717) is 6.54 Å². The molecule has 0 rings (SSSR count). The topological polar surface area (TPSA) is 38.3 Å². The standard InChI is InChI=1S/C9H18ClNO2/c1-3-4-5-6-7-11-9(12)13-8(2)10/h8H,3-7H2,1-2H3,(H,11,12). The van der Waals surface area contributed by atoms with E-state index in [0.717, 1.165) is 12.8 Å². The third kappa shape index (κ3) is 9.47. The molecule has 0 saturated carbocycles. The Morgan fingerprint density at radius 1 is 1.46 bits per heavy atom. The minimum Gasteiger partial charge on any atom is -0.430 e. The molecule has 1 atom stereocenters. The second-order valence-electron chi connectivity index (χ2n) is 2.94. The molecule has 0 aromatic carbocycles. The van der Waals surface area contributed by atoms with Gasteiger partial charge in [0.1, 0.15) is 0 Å². The summed E-state index contributed by atoms with van der Waals surface area (Å²) in [5, 5.41) is 2.63. The number of hydrogen-bond donors (Lipinski definition) is 1. The van der Waals surface area contributed by atoms with Crippen LogP contribution in [0, 0.1) is 0 Å². The number of carbonyl (C=O) groups excluding carboxylic acids is 1. The SMILES string of the molecule is CCCCCCNC(=O)OC(C)Cl. The maximum absolute atomic E-state index is 10.9. The van der Waals surface area contributed by atoms with Crippen molar-refractivity contribution in [3.05, 3.63) is 0 Å². The molecule has 0 aliphatic rings. The third-order valence-electron chi connectivity index (χ3n) is 1.57. The van der Waals surface area contributed by atoms with Crippen LogP contribution in [0.5, 0.6) is 0 Å². The number of carbonyl (C=O) groups is 1. The first kappa shape index (κ1) is 12.6. The van der Waals surface area contributed by atoms with Crippen LogP contribution in [0.1, 0.15) is 39.5 Å². The molecule has 4 heteroatoms. The zero-order valence-corrected chi connectivity index (χ0v) is 9.06. The smallest absolute Gasteiger partial charge is 0.408 e. The predicted molar refractivity (Wildman–Crippen MR) is 53.9 cm³/mol. The highest BCUT2D eigenvalue weighted by Gasteiger charge is 2.03. The van der Waals surface area contributed by atoms with E-state index in [-0.39, 0.29) is 0 Å². The number of unbranched alkanes of at least 4 members (excludes halogenated alkanes) is 3. The van der Waals surface area contributed by atoms with E-state index in [9.17, 15) is 4.79 Å². The van der Waals surface area contributed by atoms with Crippen molar-refractivity contribution in [3.63, 3.8) is 0 Å². The molecule has 0 aromatic rings. The number of rotatable bonds is 6. The summed E-state index contributed by atoms with van der Waals surface area (Å²) < 4.78 is 4.67. The number of nitrogens with one attached hydrogen (secondary N) is 1. The van der Waals surface area contributed by atoms with Crippen LogP contribution in [0.15, 0.2) is 0 Å². The van der Waals surface area contributed by atoms with Crippen LogP contribution in [-0.2, 0) is 4.74 Å². The van der Waals surface area contributed by atoms with Crippen molar-refractivity contribution in [2.24, 2.45) is 0 Å². The van der Waals surface area contributed by atoms with Gasteiger partial charge in [0.15, 0.2) is 5.56 Å². The largest absolute Gasteiger partial charge is 0.430 e. The molecule has 0 bridgehead atoms. The Balaban J connectivity index is 3.17. The van der Waals surface area contributed by atoms with Crippen molar-refractivity contribution in [1.82, 2.24) is 5.32 Å². The number of alkyl carbamates (subject to hydrolysis) is 1. The van der Waals surface area contributed by atoms with Gasteiger partial charge in [-0.05, 0) is 13.3 Å². The Bertz CT molecular complexity index is 140. The summed E-state index contributed by atoms with van der Waals surface area (Å²) in [6.07, 6.45) is 4.12. The fourth-order valence-corrected chi connectivity index (χ4v) is 1.01. The molecule has 0 spiro atoms. The quantitative estimate of drug-likeness (QED) is 0.537. The van der Waals surface area contributed by atoms with Gasteiger partial charge in [0.05, 0.1) is 0 Å². The number of halogens is 1. The highest BCUT2D eigenvalue weighted by molar-refractivity contribution is 6.19. The Morgan fingerprint density at radius 2 is 2.15 bits per heavy atom. The number of hydrogen-bond acceptors (Lipinski definition) is 2. The molecule has 1 N–H and O–H groups in total. The molecule has 3 nitrogen and oxygen atoms in total. The normalized spacial score (nSPS) is 12.2. The number of alkyl halides is 1. The fourth-order valence-electron chi connectivity index (χ4n) is 0.931. The van der Waals surface area contributed by atoms with Gasteiger partial charge in [0.25, 0.3) is 0 Å². The molecule has 0 fully saturated rings. The van der Waals surface area contributed by atoms with Gasteiger partial charge in [-0.15, -0.1) is 0 Å². The highest BCUT2D eigenvalue weighted by atomic mass is 35.5. The lowest BCUT2D eigenvalue weighted by Crippen LogP contribution is -2.26. The second-order valence-corrected chi connectivity index (χ2v) is 3.55. The summed E-state index contributed by atoms with van der Waals surface area (Å²) in [6, 6.07) is 0. The maximum Gasteiger partial charge on any atom is 0.408 e. The first-order chi connectivity index (χ1) is 6.16. The minimum absolute atomic E-state index is 0.431. The second kappa shape index (κ2) is 8.17. The van der Waals surface area contributed by atoms with E-state index in [4.69, 9.17) is 11.6 Å². The van der Waals surface area contributed by atoms with Gasteiger partial charge in [-0.2, -0.15) is 0 Å². The average molecular weight is 208 g/mol. The minimum atomic E-state index is -0.560. The Hall–Kier alpha value is -0.440. The summed E-state index contributed by atoms with van der Waals surface area (Å²) in [5.74, 6) is 0. The molecule has 78 valence electrons. The van der Waals surface area contributed by atoms with E-state index < -0.39 is 11.7 Å². The van der Waals surface area contributed by atoms with E-state index in [1.54, 1.807) is 6.92 Å². The maximum atomic E-state index is 10.9. The van der Waals surface area contributed by atoms with Gasteiger partial charge in [0, 0.05) is 6.54 Å². The van der Waals surface area contributed by atoms with Gasteiger partial charge in [-0.25, -0.2) is 4.79 Å². The van der Waals surface area contributed by atoms with E-state index in [2.05, 4.69) is 17.0 Å². The zero-order chi connectivity index (χ0) is 10.1. The lowest BCUT2D eigenvalue weighted by molar-refractivity contribution is 0.138. The number of ether oxygens (including phenoxy) is 1. The van der Waals surface area contributed by atoms with E-state index in [1.807, 2.05) is 0 Å². The summed E-state index contributed by atoms with van der Waals surface area (Å²) in [7, 11) is 0. The van der Waals surface area contributed by atoms with Crippen LogP contribution < -0.4 is 5.32 Å². The lowest BCUT2D eigenvalue weighted by Gasteiger charge is -2.07. The van der Waals surface area contributed by atoms with Gasteiger partial charge in [-0.3, -0.25) is 0 Å². The van der Waals surface area contributed by atoms with Crippen molar-refractivity contribution < 1.29 is 9.53 Å². The third-order valence-corrected chi connectivity index (χ3v) is 1.66. The lowest BCUT2D eigenvalue weighted by atomic mass is 10.2. The molecule has 0 aliphatic carbocycles. The van der Waals surface area contributed by atoms with Crippen molar-refractivity contribution in [2.45, 2.75) is 45.1 Å². The Morgan fingerprint density at radius 3 is 2.69 bits per heavy atom. The predicted octanol–water partition coefficient (Wildman–Crippen LogP) is 2.88. The number of amides is 1. The molecule has 0 aliphatic heterocycles. The Labute approximate surface area is 84.8 Å². The molecule has 0 heterocycles. The van der Waals surface area contributed by atoms with Crippen molar-refractivity contribution >= 4 is 17.7 Å². The first-order valence-electron chi connectivity index (χ1n) is 4.75. The van der Waals surface area contributed by atoms with Crippen molar-refractivity contribution in [2.75, 3.05) is 6.54 Å².